The van der Waals surface area contributed by atoms with Crippen LogP contribution in [0.15, 0.2) is 95.6 Å². The van der Waals surface area contributed by atoms with Gasteiger partial charge in [0.1, 0.15) is 11.4 Å². The number of rotatable bonds is 7. The Morgan fingerprint density at radius 1 is 0.971 bits per heavy atom. The molecule has 0 spiro atoms. The molecule has 0 fully saturated rings. The van der Waals surface area contributed by atoms with E-state index in [2.05, 4.69) is 10.4 Å². The van der Waals surface area contributed by atoms with E-state index in [1.165, 1.54) is 5.01 Å². The summed E-state index contributed by atoms with van der Waals surface area (Å²) in [4.78, 5) is 31.3. The number of ether oxygens (including phenoxy) is 1. The van der Waals surface area contributed by atoms with Crippen LogP contribution >= 0.6 is 0 Å². The Kier molecular flexibility index (Phi) is 6.59. The van der Waals surface area contributed by atoms with Crippen molar-refractivity contribution >= 4 is 23.7 Å². The molecule has 0 aromatic heterocycles. The molecule has 1 N–H and O–H groups in total. The lowest BCUT2D eigenvalue weighted by Crippen LogP contribution is -2.52. The highest BCUT2D eigenvalue weighted by molar-refractivity contribution is 6.20. The van der Waals surface area contributed by atoms with Gasteiger partial charge in [-0.2, -0.15) is 5.01 Å². The largest absolute Gasteiger partial charge is 0.494 e. The van der Waals surface area contributed by atoms with Crippen LogP contribution in [0.25, 0.3) is 6.08 Å². The van der Waals surface area contributed by atoms with Gasteiger partial charge in [-0.1, -0.05) is 72.8 Å². The molecule has 0 radical (unpaired) electrons. The van der Waals surface area contributed by atoms with E-state index in [4.69, 9.17) is 4.74 Å². The molecule has 0 saturated heterocycles. The summed E-state index contributed by atoms with van der Waals surface area (Å²) in [6, 6.07) is 26.2. The second-order valence-electron chi connectivity index (χ2n) is 8.41. The Balaban J connectivity index is 1.63. The minimum absolute atomic E-state index is 0.254. The zero-order valence-electron chi connectivity index (χ0n) is 19.5. The first kappa shape index (κ1) is 23.0. The SMILES string of the molecule is CCOc1ccc(C(C)(C)C(=O)NN2C(=O)/C(=C/c3ccccc3)N=C2c2ccccc2)cc1. The van der Waals surface area contributed by atoms with Gasteiger partial charge in [-0.3, -0.25) is 15.0 Å². The summed E-state index contributed by atoms with van der Waals surface area (Å²) in [6.07, 6.45) is 1.72. The van der Waals surface area contributed by atoms with Crippen molar-refractivity contribution in [3.8, 4) is 5.75 Å². The van der Waals surface area contributed by atoms with Gasteiger partial charge < -0.3 is 4.74 Å². The van der Waals surface area contributed by atoms with E-state index in [9.17, 15) is 9.59 Å². The molecule has 1 aliphatic heterocycles. The highest BCUT2D eigenvalue weighted by atomic mass is 16.5. The molecular weight excluding hydrogens is 426 g/mol. The summed E-state index contributed by atoms with van der Waals surface area (Å²) in [7, 11) is 0. The molecule has 1 aliphatic rings. The van der Waals surface area contributed by atoms with Crippen molar-refractivity contribution in [2.45, 2.75) is 26.2 Å². The number of amidine groups is 1. The van der Waals surface area contributed by atoms with E-state index in [-0.39, 0.29) is 11.6 Å². The first-order valence-corrected chi connectivity index (χ1v) is 11.2. The number of amides is 2. The number of hydrogen-bond donors (Lipinski definition) is 1. The van der Waals surface area contributed by atoms with Crippen molar-refractivity contribution in [2.75, 3.05) is 6.61 Å². The molecule has 0 unspecified atom stereocenters. The molecular formula is C28H27N3O3. The predicted octanol–water partition coefficient (Wildman–Crippen LogP) is 4.72. The number of carbonyl (C=O) groups is 2. The van der Waals surface area contributed by atoms with Gasteiger partial charge >= 0.3 is 0 Å². The van der Waals surface area contributed by atoms with Crippen LogP contribution in [0.3, 0.4) is 0 Å². The van der Waals surface area contributed by atoms with Crippen LogP contribution in [0.2, 0.25) is 0 Å². The number of nitrogens with one attached hydrogen (secondary N) is 1. The Morgan fingerprint density at radius 3 is 2.21 bits per heavy atom. The fourth-order valence-electron chi connectivity index (χ4n) is 3.62. The third-order valence-corrected chi connectivity index (χ3v) is 5.66. The number of nitrogens with zero attached hydrogens (tertiary/aromatic N) is 2. The lowest BCUT2D eigenvalue weighted by Gasteiger charge is -2.28. The average molecular weight is 454 g/mol. The van der Waals surface area contributed by atoms with E-state index in [0.29, 0.717) is 12.4 Å². The summed E-state index contributed by atoms with van der Waals surface area (Å²) in [5.41, 5.74) is 4.55. The zero-order chi connectivity index (χ0) is 24.1. The minimum atomic E-state index is -0.904. The van der Waals surface area contributed by atoms with Crippen LogP contribution in [-0.2, 0) is 15.0 Å². The number of benzene rings is 3. The fraction of sp³-hybridized carbons (Fsp3) is 0.179. The number of hydrazine groups is 1. The minimum Gasteiger partial charge on any atom is -0.494 e. The van der Waals surface area contributed by atoms with E-state index < -0.39 is 11.3 Å². The molecule has 0 aliphatic carbocycles. The third-order valence-electron chi connectivity index (χ3n) is 5.66. The van der Waals surface area contributed by atoms with E-state index >= 15 is 0 Å². The quantitative estimate of drug-likeness (QED) is 0.526. The zero-order valence-corrected chi connectivity index (χ0v) is 19.5. The average Bonchev–Trinajstić information content (AvgIpc) is 3.15. The molecule has 6 nitrogen and oxygen atoms in total. The summed E-state index contributed by atoms with van der Waals surface area (Å²) in [5, 5.41) is 1.24. The van der Waals surface area contributed by atoms with Crippen molar-refractivity contribution in [3.05, 3.63) is 107 Å². The topological polar surface area (TPSA) is 71.0 Å². The smallest absolute Gasteiger partial charge is 0.297 e. The molecule has 0 saturated carbocycles. The van der Waals surface area contributed by atoms with Gasteiger partial charge in [0.25, 0.3) is 5.91 Å². The van der Waals surface area contributed by atoms with E-state index in [1.807, 2.05) is 106 Å². The maximum absolute atomic E-state index is 13.4. The summed E-state index contributed by atoms with van der Waals surface area (Å²) >= 11 is 0. The highest BCUT2D eigenvalue weighted by Crippen LogP contribution is 2.27. The normalized spacial score (nSPS) is 14.8. The Bertz CT molecular complexity index is 1230. The van der Waals surface area contributed by atoms with Gasteiger partial charge in [-0.15, -0.1) is 0 Å². The van der Waals surface area contributed by atoms with Crippen LogP contribution < -0.4 is 10.2 Å². The Morgan fingerprint density at radius 2 is 1.59 bits per heavy atom. The molecule has 3 aromatic rings. The fourth-order valence-corrected chi connectivity index (χ4v) is 3.62. The van der Waals surface area contributed by atoms with Crippen LogP contribution in [0.4, 0.5) is 0 Å². The summed E-state index contributed by atoms with van der Waals surface area (Å²) in [5.74, 6) is 0.406. The van der Waals surface area contributed by atoms with Gasteiger partial charge in [-0.25, -0.2) is 4.99 Å². The second kappa shape index (κ2) is 9.75. The molecule has 2 amide bonds. The van der Waals surface area contributed by atoms with Crippen LogP contribution in [0.1, 0.15) is 37.5 Å². The maximum atomic E-state index is 13.4. The Hall–Kier alpha value is -4.19. The molecule has 172 valence electrons. The first-order valence-electron chi connectivity index (χ1n) is 11.2. The van der Waals surface area contributed by atoms with E-state index in [0.717, 1.165) is 22.4 Å². The predicted molar refractivity (Wildman–Crippen MR) is 133 cm³/mol. The monoisotopic (exact) mass is 453 g/mol. The standard InChI is InChI=1S/C28H27N3O3/c1-4-34-23-17-15-22(16-18-23)28(2,3)27(33)30-31-25(21-13-9-6-10-14-21)29-24(26(31)32)19-20-11-7-5-8-12-20/h5-19H,4H2,1-3H3,(H,30,33)/b24-19-. The van der Waals surface area contributed by atoms with Gasteiger partial charge in [0.05, 0.1) is 12.0 Å². The molecule has 6 heteroatoms. The molecule has 0 atom stereocenters. The van der Waals surface area contributed by atoms with Crippen molar-refractivity contribution in [1.29, 1.82) is 0 Å². The maximum Gasteiger partial charge on any atom is 0.297 e. The molecule has 3 aromatic carbocycles. The second-order valence-corrected chi connectivity index (χ2v) is 8.41. The van der Waals surface area contributed by atoms with Crippen LogP contribution in [-0.4, -0.2) is 29.3 Å². The van der Waals surface area contributed by atoms with Crippen molar-refractivity contribution in [2.24, 2.45) is 4.99 Å². The van der Waals surface area contributed by atoms with Crippen molar-refractivity contribution in [1.82, 2.24) is 10.4 Å². The lowest BCUT2D eigenvalue weighted by molar-refractivity contribution is -0.136. The van der Waals surface area contributed by atoms with Crippen molar-refractivity contribution in [3.63, 3.8) is 0 Å². The molecule has 0 bridgehead atoms. The van der Waals surface area contributed by atoms with E-state index in [1.54, 1.807) is 6.08 Å². The summed E-state index contributed by atoms with van der Waals surface area (Å²) < 4.78 is 5.50. The van der Waals surface area contributed by atoms with Gasteiger partial charge in [0, 0.05) is 5.56 Å². The molecule has 34 heavy (non-hydrogen) atoms. The molecule has 4 rings (SSSR count). The van der Waals surface area contributed by atoms with Gasteiger partial charge in [0.2, 0.25) is 5.91 Å². The third kappa shape index (κ3) is 4.76. The Labute approximate surface area is 199 Å². The number of carbonyl (C=O) groups excluding carboxylic acids is 2. The highest BCUT2D eigenvalue weighted by Gasteiger charge is 2.37. The van der Waals surface area contributed by atoms with Crippen LogP contribution in [0, 0.1) is 0 Å². The van der Waals surface area contributed by atoms with Crippen LogP contribution in [0.5, 0.6) is 5.75 Å². The van der Waals surface area contributed by atoms with Gasteiger partial charge in [-0.05, 0) is 50.1 Å². The van der Waals surface area contributed by atoms with Crippen molar-refractivity contribution < 1.29 is 14.3 Å². The number of aliphatic imine (C=N–C) groups is 1. The first-order chi connectivity index (χ1) is 16.4. The van der Waals surface area contributed by atoms with Gasteiger partial charge in [0.15, 0.2) is 5.84 Å². The lowest BCUT2D eigenvalue weighted by atomic mass is 9.84. The molecule has 1 heterocycles. The summed E-state index contributed by atoms with van der Waals surface area (Å²) in [6.45, 7) is 6.13. The number of hydrogen-bond acceptors (Lipinski definition) is 4.